The summed E-state index contributed by atoms with van der Waals surface area (Å²) < 4.78 is 18.5. The van der Waals surface area contributed by atoms with Crippen LogP contribution in [0.5, 0.6) is 5.75 Å². The molecule has 8 heteroatoms. The van der Waals surface area contributed by atoms with E-state index < -0.39 is 5.82 Å². The molecule has 3 rings (SSSR count). The summed E-state index contributed by atoms with van der Waals surface area (Å²) in [5.74, 6) is 0.459. The van der Waals surface area contributed by atoms with Crippen molar-refractivity contribution in [3.8, 4) is 5.75 Å². The van der Waals surface area contributed by atoms with E-state index >= 15 is 0 Å². The molecule has 1 amide bonds. The summed E-state index contributed by atoms with van der Waals surface area (Å²) in [6.07, 6.45) is 1.95. The predicted molar refractivity (Wildman–Crippen MR) is 90.5 cm³/mol. The molecule has 0 fully saturated rings. The molecule has 0 saturated heterocycles. The molecule has 24 heavy (non-hydrogen) atoms. The molecule has 3 aromatic rings. The van der Waals surface area contributed by atoms with Crippen molar-refractivity contribution in [1.29, 1.82) is 0 Å². The highest BCUT2D eigenvalue weighted by molar-refractivity contribution is 6.31. The van der Waals surface area contributed by atoms with E-state index in [4.69, 9.17) is 16.3 Å². The molecule has 122 valence electrons. The molecular formula is C16H12ClFN4O2. The molecule has 0 saturated carbocycles. The van der Waals surface area contributed by atoms with E-state index in [0.29, 0.717) is 40.3 Å². The number of fused-ring (bicyclic) bond motifs is 1. The second-order valence-corrected chi connectivity index (χ2v) is 5.22. The molecule has 2 N–H and O–H groups in total. The van der Waals surface area contributed by atoms with Crippen LogP contribution < -0.4 is 15.4 Å². The lowest BCUT2D eigenvalue weighted by Gasteiger charge is -2.12. The fourth-order valence-corrected chi connectivity index (χ4v) is 2.42. The molecule has 0 atom stereocenters. The van der Waals surface area contributed by atoms with Gasteiger partial charge in [0, 0.05) is 17.1 Å². The maximum absolute atomic E-state index is 13.3. The topological polar surface area (TPSA) is 76.1 Å². The lowest BCUT2D eigenvalue weighted by atomic mass is 10.2. The largest absolute Gasteiger partial charge is 0.494 e. The summed E-state index contributed by atoms with van der Waals surface area (Å²) in [6.45, 7) is 0. The minimum Gasteiger partial charge on any atom is -0.494 e. The van der Waals surface area contributed by atoms with Crippen LogP contribution in [-0.2, 0) is 4.79 Å². The Hall–Kier alpha value is -2.93. The van der Waals surface area contributed by atoms with Crippen LogP contribution in [0, 0.1) is 5.82 Å². The summed E-state index contributed by atoms with van der Waals surface area (Å²) in [6, 6.07) is 7.64. The van der Waals surface area contributed by atoms with Crippen molar-refractivity contribution in [2.75, 3.05) is 17.7 Å². The zero-order valence-corrected chi connectivity index (χ0v) is 13.3. The number of benzene rings is 2. The fraction of sp³-hybridized carbons (Fsp3) is 0.0625. The van der Waals surface area contributed by atoms with E-state index in [9.17, 15) is 9.18 Å². The first-order valence-corrected chi connectivity index (χ1v) is 7.25. The number of amides is 1. The van der Waals surface area contributed by atoms with Gasteiger partial charge in [-0.25, -0.2) is 14.4 Å². The number of hydrogen-bond acceptors (Lipinski definition) is 5. The van der Waals surface area contributed by atoms with Crippen LogP contribution in [0.1, 0.15) is 0 Å². The monoisotopic (exact) mass is 346 g/mol. The zero-order valence-electron chi connectivity index (χ0n) is 12.5. The van der Waals surface area contributed by atoms with Gasteiger partial charge in [-0.15, -0.1) is 0 Å². The van der Waals surface area contributed by atoms with Crippen molar-refractivity contribution < 1.29 is 13.9 Å². The van der Waals surface area contributed by atoms with Crippen molar-refractivity contribution >= 4 is 46.1 Å². The number of rotatable bonds is 5. The Morgan fingerprint density at radius 2 is 2.08 bits per heavy atom. The number of nitrogens with one attached hydrogen (secondary N) is 2. The van der Waals surface area contributed by atoms with Gasteiger partial charge in [-0.1, -0.05) is 11.6 Å². The molecule has 6 nitrogen and oxygen atoms in total. The molecule has 0 radical (unpaired) electrons. The Labute approximate surface area is 141 Å². The molecule has 1 aromatic heterocycles. The standard InChI is InChI=1S/C16H12ClFN4O2/c1-24-15-6-13-10(5-14(15)21-8-23)16(20-7-19-13)22-9-2-3-12(18)11(17)4-9/h2-8H,1H3,(H,21,23)(H,19,20,22). The Morgan fingerprint density at radius 1 is 1.25 bits per heavy atom. The van der Waals surface area contributed by atoms with Gasteiger partial charge in [0.25, 0.3) is 0 Å². The Morgan fingerprint density at radius 3 is 2.79 bits per heavy atom. The molecule has 0 aliphatic carbocycles. The van der Waals surface area contributed by atoms with Gasteiger partial charge in [0.05, 0.1) is 23.3 Å². The van der Waals surface area contributed by atoms with Crippen LogP contribution in [0.4, 0.5) is 21.6 Å². The maximum atomic E-state index is 13.3. The molecule has 0 spiro atoms. The average Bonchev–Trinajstić information content (AvgIpc) is 2.58. The molecule has 2 aromatic carbocycles. The van der Waals surface area contributed by atoms with E-state index in [1.165, 1.54) is 25.6 Å². The number of methoxy groups -OCH3 is 1. The number of hydrogen-bond donors (Lipinski definition) is 2. The maximum Gasteiger partial charge on any atom is 0.211 e. The second-order valence-electron chi connectivity index (χ2n) is 4.81. The SMILES string of the molecule is COc1cc2ncnc(Nc3ccc(F)c(Cl)c3)c2cc1NC=O. The lowest BCUT2D eigenvalue weighted by molar-refractivity contribution is -0.105. The van der Waals surface area contributed by atoms with Crippen LogP contribution in [0.25, 0.3) is 10.9 Å². The molecule has 0 aliphatic rings. The quantitative estimate of drug-likeness (QED) is 0.688. The van der Waals surface area contributed by atoms with E-state index in [-0.39, 0.29) is 5.02 Å². The number of ether oxygens (including phenoxy) is 1. The van der Waals surface area contributed by atoms with Crippen LogP contribution in [0.2, 0.25) is 5.02 Å². The fourth-order valence-electron chi connectivity index (χ4n) is 2.24. The summed E-state index contributed by atoms with van der Waals surface area (Å²) >= 11 is 5.79. The normalized spacial score (nSPS) is 10.5. The minimum absolute atomic E-state index is 0.00309. The Bertz CT molecular complexity index is 920. The average molecular weight is 347 g/mol. The molecular weight excluding hydrogens is 335 g/mol. The van der Waals surface area contributed by atoms with Gasteiger partial charge in [-0.3, -0.25) is 4.79 Å². The molecule has 0 unspecified atom stereocenters. The van der Waals surface area contributed by atoms with Gasteiger partial charge in [0.2, 0.25) is 6.41 Å². The van der Waals surface area contributed by atoms with E-state index in [1.54, 1.807) is 18.2 Å². The highest BCUT2D eigenvalue weighted by Gasteiger charge is 2.11. The highest BCUT2D eigenvalue weighted by Crippen LogP contribution is 2.33. The van der Waals surface area contributed by atoms with E-state index in [0.717, 1.165) is 0 Å². The Balaban J connectivity index is 2.08. The van der Waals surface area contributed by atoms with Gasteiger partial charge in [0.1, 0.15) is 23.7 Å². The molecule has 0 bridgehead atoms. The van der Waals surface area contributed by atoms with Crippen molar-refractivity contribution in [1.82, 2.24) is 9.97 Å². The lowest BCUT2D eigenvalue weighted by Crippen LogP contribution is -2.00. The third-order valence-electron chi connectivity index (χ3n) is 3.35. The Kier molecular flexibility index (Phi) is 4.43. The van der Waals surface area contributed by atoms with Gasteiger partial charge in [0.15, 0.2) is 0 Å². The van der Waals surface area contributed by atoms with Crippen molar-refractivity contribution in [2.24, 2.45) is 0 Å². The minimum atomic E-state index is -0.503. The van der Waals surface area contributed by atoms with Gasteiger partial charge < -0.3 is 15.4 Å². The first-order valence-electron chi connectivity index (χ1n) is 6.87. The zero-order chi connectivity index (χ0) is 17.1. The second kappa shape index (κ2) is 6.67. The van der Waals surface area contributed by atoms with Crippen LogP contribution in [0.3, 0.4) is 0 Å². The van der Waals surface area contributed by atoms with Gasteiger partial charge in [-0.2, -0.15) is 0 Å². The number of halogens is 2. The summed E-state index contributed by atoms with van der Waals surface area (Å²) in [5, 5.41) is 6.29. The third kappa shape index (κ3) is 3.07. The number of anilines is 3. The summed E-state index contributed by atoms with van der Waals surface area (Å²) in [4.78, 5) is 19.1. The van der Waals surface area contributed by atoms with Crippen molar-refractivity contribution in [3.05, 3.63) is 47.5 Å². The van der Waals surface area contributed by atoms with E-state index in [1.807, 2.05) is 0 Å². The van der Waals surface area contributed by atoms with Gasteiger partial charge >= 0.3 is 0 Å². The predicted octanol–water partition coefficient (Wildman–Crippen LogP) is 3.74. The first-order chi connectivity index (χ1) is 11.6. The number of aromatic nitrogens is 2. The number of nitrogens with zero attached hydrogens (tertiary/aromatic N) is 2. The van der Waals surface area contributed by atoms with Crippen LogP contribution in [-0.4, -0.2) is 23.5 Å². The molecule has 0 aliphatic heterocycles. The van der Waals surface area contributed by atoms with Crippen molar-refractivity contribution in [2.45, 2.75) is 0 Å². The summed E-state index contributed by atoms with van der Waals surface area (Å²) in [5.41, 5.74) is 1.67. The first kappa shape index (κ1) is 15.9. The van der Waals surface area contributed by atoms with Crippen LogP contribution in [0.15, 0.2) is 36.7 Å². The molecule has 1 heterocycles. The summed E-state index contributed by atoms with van der Waals surface area (Å²) in [7, 11) is 1.50. The van der Waals surface area contributed by atoms with Gasteiger partial charge in [-0.05, 0) is 24.3 Å². The smallest absolute Gasteiger partial charge is 0.211 e. The highest BCUT2D eigenvalue weighted by atomic mass is 35.5. The number of carbonyl (C=O) groups excluding carboxylic acids is 1. The van der Waals surface area contributed by atoms with Crippen molar-refractivity contribution in [3.63, 3.8) is 0 Å². The third-order valence-corrected chi connectivity index (χ3v) is 3.64. The number of carbonyl (C=O) groups is 1. The van der Waals surface area contributed by atoms with Crippen LogP contribution >= 0.6 is 11.6 Å². The van der Waals surface area contributed by atoms with E-state index in [2.05, 4.69) is 20.6 Å².